The van der Waals surface area contributed by atoms with Crippen LogP contribution in [0.2, 0.25) is 0 Å². The second-order valence-electron chi connectivity index (χ2n) is 4.36. The molecule has 0 bridgehead atoms. The summed E-state index contributed by atoms with van der Waals surface area (Å²) in [6, 6.07) is 9.53. The zero-order valence-electron chi connectivity index (χ0n) is 10.6. The number of aryl methyl sites for hydroxylation is 3. The Hall–Kier alpha value is -1.55. The van der Waals surface area contributed by atoms with Gasteiger partial charge >= 0.3 is 0 Å². The minimum Gasteiger partial charge on any atom is -0.267 e. The van der Waals surface area contributed by atoms with Gasteiger partial charge in [0.15, 0.2) is 0 Å². The summed E-state index contributed by atoms with van der Waals surface area (Å²) in [7, 11) is 0. The van der Waals surface area contributed by atoms with Gasteiger partial charge in [0, 0.05) is 21.4 Å². The van der Waals surface area contributed by atoms with Crippen molar-refractivity contribution in [2.24, 2.45) is 0 Å². The molecule has 0 aliphatic rings. The Bertz CT molecular complexity index is 582. The summed E-state index contributed by atoms with van der Waals surface area (Å²) in [6.07, 6.45) is 0. The maximum Gasteiger partial charge on any atom is 0.270 e. The third-order valence-electron chi connectivity index (χ3n) is 2.92. The predicted molar refractivity (Wildman–Crippen MR) is 76.5 cm³/mol. The van der Waals surface area contributed by atoms with Gasteiger partial charge in [-0.2, -0.15) is 0 Å². The standard InChI is InChI=1S/C14H15BrN2O/c1-9-4-7-12(8-13(9)15)14(18)16-17-10(2)5-6-11(17)3/h4-8H,1-3H3,(H,16,18). The van der Waals surface area contributed by atoms with Crippen LogP contribution in [0.1, 0.15) is 27.3 Å². The van der Waals surface area contributed by atoms with Gasteiger partial charge in [-0.3, -0.25) is 14.9 Å². The first-order valence-corrected chi connectivity index (χ1v) is 6.51. The molecule has 0 saturated carbocycles. The van der Waals surface area contributed by atoms with Crippen LogP contribution in [0.5, 0.6) is 0 Å². The summed E-state index contributed by atoms with van der Waals surface area (Å²) < 4.78 is 2.73. The molecule has 4 heteroatoms. The molecule has 3 nitrogen and oxygen atoms in total. The zero-order valence-corrected chi connectivity index (χ0v) is 12.2. The van der Waals surface area contributed by atoms with Crippen molar-refractivity contribution in [1.29, 1.82) is 0 Å². The molecule has 1 amide bonds. The number of nitrogens with zero attached hydrogens (tertiary/aromatic N) is 1. The molecular formula is C14H15BrN2O. The molecule has 1 aromatic carbocycles. The second-order valence-corrected chi connectivity index (χ2v) is 5.21. The van der Waals surface area contributed by atoms with E-state index >= 15 is 0 Å². The molecule has 0 unspecified atom stereocenters. The van der Waals surface area contributed by atoms with Crippen molar-refractivity contribution in [2.45, 2.75) is 20.8 Å². The van der Waals surface area contributed by atoms with Gasteiger partial charge in [-0.25, -0.2) is 0 Å². The normalized spacial score (nSPS) is 10.4. The Morgan fingerprint density at radius 1 is 1.11 bits per heavy atom. The third kappa shape index (κ3) is 2.48. The van der Waals surface area contributed by atoms with Crippen LogP contribution < -0.4 is 5.43 Å². The fraction of sp³-hybridized carbons (Fsp3) is 0.214. The maximum atomic E-state index is 12.1. The lowest BCUT2D eigenvalue weighted by atomic mass is 10.1. The molecule has 2 rings (SSSR count). The highest BCUT2D eigenvalue weighted by Crippen LogP contribution is 2.17. The number of carbonyl (C=O) groups excluding carboxylic acids is 1. The average molecular weight is 307 g/mol. The first-order valence-electron chi connectivity index (χ1n) is 5.71. The number of hydrogen-bond donors (Lipinski definition) is 1. The van der Waals surface area contributed by atoms with E-state index in [0.717, 1.165) is 21.4 Å². The number of halogens is 1. The molecule has 18 heavy (non-hydrogen) atoms. The number of aromatic nitrogens is 1. The molecule has 0 saturated heterocycles. The van der Waals surface area contributed by atoms with Gasteiger partial charge in [-0.1, -0.05) is 22.0 Å². The van der Waals surface area contributed by atoms with Crippen molar-refractivity contribution < 1.29 is 4.79 Å². The smallest absolute Gasteiger partial charge is 0.267 e. The Labute approximate surface area is 115 Å². The number of carbonyl (C=O) groups is 1. The topological polar surface area (TPSA) is 34.0 Å². The van der Waals surface area contributed by atoms with E-state index in [2.05, 4.69) is 21.4 Å². The van der Waals surface area contributed by atoms with E-state index in [0.29, 0.717) is 5.56 Å². The van der Waals surface area contributed by atoms with Crippen LogP contribution in [0.15, 0.2) is 34.8 Å². The number of benzene rings is 1. The van der Waals surface area contributed by atoms with E-state index in [-0.39, 0.29) is 5.91 Å². The van der Waals surface area contributed by atoms with E-state index in [1.807, 2.05) is 51.1 Å². The maximum absolute atomic E-state index is 12.1. The highest BCUT2D eigenvalue weighted by Gasteiger charge is 2.09. The van der Waals surface area contributed by atoms with E-state index in [1.54, 1.807) is 4.68 Å². The Morgan fingerprint density at radius 2 is 1.72 bits per heavy atom. The van der Waals surface area contributed by atoms with Crippen molar-refractivity contribution in [1.82, 2.24) is 4.68 Å². The van der Waals surface area contributed by atoms with Crippen LogP contribution in [0.3, 0.4) is 0 Å². The fourth-order valence-electron chi connectivity index (χ4n) is 1.74. The lowest BCUT2D eigenvalue weighted by Crippen LogP contribution is -2.24. The quantitative estimate of drug-likeness (QED) is 0.904. The third-order valence-corrected chi connectivity index (χ3v) is 3.77. The highest BCUT2D eigenvalue weighted by atomic mass is 79.9. The summed E-state index contributed by atoms with van der Waals surface area (Å²) in [5.74, 6) is -0.113. The molecule has 0 spiro atoms. The summed E-state index contributed by atoms with van der Waals surface area (Å²) in [4.78, 5) is 12.1. The molecule has 0 aliphatic heterocycles. The second kappa shape index (κ2) is 4.98. The minimum absolute atomic E-state index is 0.113. The van der Waals surface area contributed by atoms with Crippen molar-refractivity contribution in [2.75, 3.05) is 5.43 Å². The van der Waals surface area contributed by atoms with Gasteiger partial charge in [-0.15, -0.1) is 0 Å². The van der Waals surface area contributed by atoms with Crippen molar-refractivity contribution in [3.63, 3.8) is 0 Å². The summed E-state index contributed by atoms with van der Waals surface area (Å²) >= 11 is 3.43. The van der Waals surface area contributed by atoms with Gasteiger partial charge in [0.05, 0.1) is 0 Å². The average Bonchev–Trinajstić information content (AvgIpc) is 2.64. The molecule has 0 atom stereocenters. The minimum atomic E-state index is -0.113. The van der Waals surface area contributed by atoms with Crippen LogP contribution in [0.4, 0.5) is 0 Å². The van der Waals surface area contributed by atoms with Gasteiger partial charge < -0.3 is 0 Å². The first-order chi connectivity index (χ1) is 8.49. The summed E-state index contributed by atoms with van der Waals surface area (Å²) in [6.45, 7) is 5.91. The van der Waals surface area contributed by atoms with Crippen LogP contribution in [0, 0.1) is 20.8 Å². The van der Waals surface area contributed by atoms with E-state index in [4.69, 9.17) is 0 Å². The molecule has 0 radical (unpaired) electrons. The summed E-state index contributed by atoms with van der Waals surface area (Å²) in [5.41, 5.74) is 6.64. The monoisotopic (exact) mass is 306 g/mol. The van der Waals surface area contributed by atoms with Crippen molar-refractivity contribution >= 4 is 21.8 Å². The first kappa shape index (κ1) is 12.9. The lowest BCUT2D eigenvalue weighted by Gasteiger charge is -2.11. The Balaban J connectivity index is 2.25. The van der Waals surface area contributed by atoms with Gasteiger partial charge in [0.1, 0.15) is 0 Å². The van der Waals surface area contributed by atoms with Gasteiger partial charge in [0.25, 0.3) is 5.91 Å². The molecule has 94 valence electrons. The molecule has 1 aromatic heterocycles. The van der Waals surface area contributed by atoms with Crippen LogP contribution >= 0.6 is 15.9 Å². The van der Waals surface area contributed by atoms with Gasteiger partial charge in [-0.05, 0) is 50.6 Å². The predicted octanol–water partition coefficient (Wildman–Crippen LogP) is 3.56. The van der Waals surface area contributed by atoms with E-state index in [1.165, 1.54) is 0 Å². The van der Waals surface area contributed by atoms with Gasteiger partial charge in [0.2, 0.25) is 0 Å². The number of rotatable bonds is 2. The fourth-order valence-corrected chi connectivity index (χ4v) is 2.12. The lowest BCUT2D eigenvalue weighted by molar-refractivity contribution is 0.101. The molecule has 1 N–H and O–H groups in total. The van der Waals surface area contributed by atoms with Crippen molar-refractivity contribution in [3.05, 3.63) is 57.3 Å². The number of nitrogens with one attached hydrogen (secondary N) is 1. The van der Waals surface area contributed by atoms with Crippen LogP contribution in [-0.2, 0) is 0 Å². The molecule has 1 heterocycles. The SMILES string of the molecule is Cc1ccc(C(=O)Nn2c(C)ccc2C)cc1Br. The van der Waals surface area contributed by atoms with E-state index in [9.17, 15) is 4.79 Å². The molecule has 0 fully saturated rings. The number of hydrogen-bond acceptors (Lipinski definition) is 1. The Kier molecular flexibility index (Phi) is 3.57. The Morgan fingerprint density at radius 3 is 2.28 bits per heavy atom. The largest absolute Gasteiger partial charge is 0.270 e. The molecule has 2 aromatic rings. The number of amides is 1. The highest BCUT2D eigenvalue weighted by molar-refractivity contribution is 9.10. The van der Waals surface area contributed by atoms with Crippen molar-refractivity contribution in [3.8, 4) is 0 Å². The van der Waals surface area contributed by atoms with Crippen LogP contribution in [-0.4, -0.2) is 10.6 Å². The summed E-state index contributed by atoms with van der Waals surface area (Å²) in [5, 5.41) is 0. The molecular weight excluding hydrogens is 292 g/mol. The zero-order chi connectivity index (χ0) is 13.3. The van der Waals surface area contributed by atoms with Crippen LogP contribution in [0.25, 0.3) is 0 Å². The molecule has 0 aliphatic carbocycles. The van der Waals surface area contributed by atoms with E-state index < -0.39 is 0 Å².